The van der Waals surface area contributed by atoms with Crippen molar-refractivity contribution in [2.24, 2.45) is 5.73 Å². The Bertz CT molecular complexity index is 270. The second-order valence-electron chi connectivity index (χ2n) is 2.87. The lowest BCUT2D eigenvalue weighted by atomic mass is 10.1. The first-order chi connectivity index (χ1) is 5.52. The van der Waals surface area contributed by atoms with Crippen molar-refractivity contribution in [2.45, 2.75) is 26.0 Å². The lowest BCUT2D eigenvalue weighted by Crippen LogP contribution is -2.24. The first-order valence-corrected chi connectivity index (χ1v) is 4.09. The normalized spacial score (nSPS) is 16.1. The number of rotatable bonds is 2. The average Bonchev–Trinajstić information content (AvgIpc) is 2.28. The third-order valence-electron chi connectivity index (χ3n) is 1.74. The Balaban J connectivity index is 2.94. The van der Waals surface area contributed by atoms with Crippen LogP contribution in [0.3, 0.4) is 0 Å². The molecule has 2 unspecified atom stereocenters. The second-order valence-corrected chi connectivity index (χ2v) is 3.24. The highest BCUT2D eigenvalue weighted by molar-refractivity contribution is 6.28. The summed E-state index contributed by atoms with van der Waals surface area (Å²) in [6, 6.07) is 1.27. The van der Waals surface area contributed by atoms with E-state index in [0.29, 0.717) is 11.3 Å². The number of nitrogens with two attached hydrogens (primary N) is 1. The average molecular weight is 190 g/mol. The fourth-order valence-electron chi connectivity index (χ4n) is 1.04. The van der Waals surface area contributed by atoms with Gasteiger partial charge in [0, 0.05) is 17.7 Å². The molecule has 4 heteroatoms. The van der Waals surface area contributed by atoms with Crippen LogP contribution in [0, 0.1) is 6.92 Å². The molecule has 1 rings (SSSR count). The van der Waals surface area contributed by atoms with Crippen LogP contribution < -0.4 is 5.73 Å². The number of halogens is 1. The molecule has 2 atom stereocenters. The maximum Gasteiger partial charge on any atom is 0.193 e. The molecule has 1 aromatic heterocycles. The molecule has 1 heterocycles. The van der Waals surface area contributed by atoms with Crippen LogP contribution in [-0.2, 0) is 0 Å². The zero-order valence-electron chi connectivity index (χ0n) is 7.04. The number of aliphatic hydroxyl groups excluding tert-OH is 1. The van der Waals surface area contributed by atoms with Crippen molar-refractivity contribution in [1.82, 2.24) is 0 Å². The molecule has 0 spiro atoms. The van der Waals surface area contributed by atoms with Crippen LogP contribution in [-0.4, -0.2) is 11.1 Å². The summed E-state index contributed by atoms with van der Waals surface area (Å²) in [5.41, 5.74) is 6.17. The van der Waals surface area contributed by atoms with Gasteiger partial charge in [-0.15, -0.1) is 0 Å². The van der Waals surface area contributed by atoms with E-state index in [2.05, 4.69) is 0 Å². The van der Waals surface area contributed by atoms with Crippen molar-refractivity contribution >= 4 is 11.6 Å². The highest BCUT2D eigenvalue weighted by Gasteiger charge is 2.18. The lowest BCUT2D eigenvalue weighted by molar-refractivity contribution is 0.151. The molecule has 12 heavy (non-hydrogen) atoms. The van der Waals surface area contributed by atoms with E-state index in [1.165, 1.54) is 0 Å². The Morgan fingerprint density at radius 1 is 1.67 bits per heavy atom. The molecule has 0 saturated heterocycles. The summed E-state index contributed by atoms with van der Waals surface area (Å²) in [4.78, 5) is 0. The van der Waals surface area contributed by atoms with E-state index < -0.39 is 6.10 Å². The molecule has 3 nitrogen and oxygen atoms in total. The van der Waals surface area contributed by atoms with E-state index in [-0.39, 0.29) is 11.3 Å². The Hall–Kier alpha value is -0.510. The van der Waals surface area contributed by atoms with Crippen molar-refractivity contribution < 1.29 is 9.52 Å². The van der Waals surface area contributed by atoms with Gasteiger partial charge >= 0.3 is 0 Å². The summed E-state index contributed by atoms with van der Waals surface area (Å²) in [7, 11) is 0. The largest absolute Gasteiger partial charge is 0.450 e. The molecular formula is C8H12ClNO2. The summed E-state index contributed by atoms with van der Waals surface area (Å²) < 4.78 is 5.04. The number of aliphatic hydroxyl groups is 1. The van der Waals surface area contributed by atoms with Crippen LogP contribution in [0.15, 0.2) is 10.5 Å². The van der Waals surface area contributed by atoms with Gasteiger partial charge in [-0.05, 0) is 25.4 Å². The Kier molecular flexibility index (Phi) is 2.77. The monoisotopic (exact) mass is 189 g/mol. The van der Waals surface area contributed by atoms with E-state index in [4.69, 9.17) is 21.8 Å². The van der Waals surface area contributed by atoms with Gasteiger partial charge in [0.15, 0.2) is 5.22 Å². The van der Waals surface area contributed by atoms with Gasteiger partial charge in [-0.2, -0.15) is 0 Å². The van der Waals surface area contributed by atoms with E-state index in [1.54, 1.807) is 19.9 Å². The van der Waals surface area contributed by atoms with Gasteiger partial charge in [-0.25, -0.2) is 0 Å². The molecule has 0 saturated carbocycles. The molecule has 0 aliphatic rings. The van der Waals surface area contributed by atoms with Crippen molar-refractivity contribution in [3.8, 4) is 0 Å². The predicted octanol–water partition coefficient (Wildman–Crippen LogP) is 1.62. The van der Waals surface area contributed by atoms with Gasteiger partial charge < -0.3 is 15.3 Å². The zero-order valence-corrected chi connectivity index (χ0v) is 7.80. The lowest BCUT2D eigenvalue weighted by Gasteiger charge is -2.12. The van der Waals surface area contributed by atoms with Gasteiger partial charge in [-0.1, -0.05) is 0 Å². The van der Waals surface area contributed by atoms with Crippen molar-refractivity contribution in [3.05, 3.63) is 22.6 Å². The van der Waals surface area contributed by atoms with Crippen molar-refractivity contribution in [2.75, 3.05) is 0 Å². The smallest absolute Gasteiger partial charge is 0.193 e. The molecule has 68 valence electrons. The fourth-order valence-corrected chi connectivity index (χ4v) is 1.27. The summed E-state index contributed by atoms with van der Waals surface area (Å²) in [6.07, 6.45) is -0.707. The third kappa shape index (κ3) is 1.80. The maximum atomic E-state index is 9.55. The molecule has 0 bridgehead atoms. The van der Waals surface area contributed by atoms with E-state index in [9.17, 15) is 5.11 Å². The van der Waals surface area contributed by atoms with Crippen LogP contribution in [0.4, 0.5) is 0 Å². The van der Waals surface area contributed by atoms with E-state index in [0.717, 1.165) is 0 Å². The minimum absolute atomic E-state index is 0.280. The highest BCUT2D eigenvalue weighted by Crippen LogP contribution is 2.25. The summed E-state index contributed by atoms with van der Waals surface area (Å²) in [5.74, 6) is 0.616. The SMILES string of the molecule is Cc1oc(Cl)cc1C(O)C(C)N. The summed E-state index contributed by atoms with van der Waals surface area (Å²) in [5, 5.41) is 9.83. The standard InChI is InChI=1S/C8H12ClNO2/c1-4(10)8(11)6-3-7(9)12-5(6)2/h3-4,8,11H,10H2,1-2H3. The molecule has 3 N–H and O–H groups in total. The molecule has 0 fully saturated rings. The molecule has 0 aliphatic carbocycles. The Labute approximate surface area is 76.1 Å². The predicted molar refractivity (Wildman–Crippen MR) is 47.1 cm³/mol. The number of hydrogen-bond acceptors (Lipinski definition) is 3. The summed E-state index contributed by atoms with van der Waals surface area (Å²) in [6.45, 7) is 3.47. The number of aryl methyl sites for hydroxylation is 1. The van der Waals surface area contributed by atoms with Crippen molar-refractivity contribution in [3.63, 3.8) is 0 Å². The fraction of sp³-hybridized carbons (Fsp3) is 0.500. The van der Waals surface area contributed by atoms with E-state index >= 15 is 0 Å². The van der Waals surface area contributed by atoms with Gasteiger partial charge in [0.1, 0.15) is 5.76 Å². The molecule has 1 aromatic rings. The first-order valence-electron chi connectivity index (χ1n) is 3.72. The number of hydrogen-bond donors (Lipinski definition) is 2. The topological polar surface area (TPSA) is 59.4 Å². The van der Waals surface area contributed by atoms with Crippen LogP contribution in [0.1, 0.15) is 24.4 Å². The minimum atomic E-state index is -0.707. The van der Waals surface area contributed by atoms with Gasteiger partial charge in [0.2, 0.25) is 0 Å². The van der Waals surface area contributed by atoms with Crippen LogP contribution in [0.2, 0.25) is 5.22 Å². The molecule has 0 amide bonds. The summed E-state index contributed by atoms with van der Waals surface area (Å²) >= 11 is 5.60. The van der Waals surface area contributed by atoms with Crippen LogP contribution >= 0.6 is 11.6 Å². The Morgan fingerprint density at radius 2 is 2.25 bits per heavy atom. The molecule has 0 aliphatic heterocycles. The first kappa shape index (κ1) is 9.58. The zero-order chi connectivity index (χ0) is 9.30. The highest BCUT2D eigenvalue weighted by atomic mass is 35.5. The Morgan fingerprint density at radius 3 is 2.58 bits per heavy atom. The molecule has 0 radical (unpaired) electrons. The van der Waals surface area contributed by atoms with Crippen LogP contribution in [0.25, 0.3) is 0 Å². The maximum absolute atomic E-state index is 9.55. The number of furan rings is 1. The van der Waals surface area contributed by atoms with Crippen molar-refractivity contribution in [1.29, 1.82) is 0 Å². The minimum Gasteiger partial charge on any atom is -0.450 e. The molecular weight excluding hydrogens is 178 g/mol. The van der Waals surface area contributed by atoms with Gasteiger partial charge in [-0.3, -0.25) is 0 Å². The van der Waals surface area contributed by atoms with Crippen LogP contribution in [0.5, 0.6) is 0 Å². The second kappa shape index (κ2) is 3.47. The van der Waals surface area contributed by atoms with Gasteiger partial charge in [0.25, 0.3) is 0 Å². The van der Waals surface area contributed by atoms with Gasteiger partial charge in [0.05, 0.1) is 6.10 Å². The third-order valence-corrected chi connectivity index (χ3v) is 1.93. The van der Waals surface area contributed by atoms with E-state index in [1.807, 2.05) is 0 Å². The quantitative estimate of drug-likeness (QED) is 0.744. The molecule has 0 aromatic carbocycles.